The second kappa shape index (κ2) is 7.39. The van der Waals surface area contributed by atoms with Crippen LogP contribution in [0, 0.1) is 0 Å². The standard InChI is InChI=1S/C15H22N2O5S/c1-10(18)16-8-14-15(19)13(9-22-14)17-7-11-3-5-12(6-4-11)23(2,20)21/h3-6,13-15,17,19H,7-9H2,1-2H3,(H,16,18)/t13-,14-,15+/m1/s1. The van der Waals surface area contributed by atoms with Gasteiger partial charge in [0.2, 0.25) is 5.91 Å². The molecule has 0 unspecified atom stereocenters. The number of amides is 1. The number of hydrogen-bond donors (Lipinski definition) is 3. The molecule has 3 N–H and O–H groups in total. The zero-order valence-electron chi connectivity index (χ0n) is 13.2. The molecule has 8 heteroatoms. The topological polar surface area (TPSA) is 105 Å². The second-order valence-corrected chi connectivity index (χ2v) is 7.72. The molecule has 0 radical (unpaired) electrons. The summed E-state index contributed by atoms with van der Waals surface area (Å²) >= 11 is 0. The lowest BCUT2D eigenvalue weighted by molar-refractivity contribution is -0.119. The monoisotopic (exact) mass is 342 g/mol. The Hall–Kier alpha value is -1.48. The van der Waals surface area contributed by atoms with E-state index < -0.39 is 22.0 Å². The quantitative estimate of drug-likeness (QED) is 0.640. The van der Waals surface area contributed by atoms with Crippen molar-refractivity contribution in [3.05, 3.63) is 29.8 Å². The third-order valence-corrected chi connectivity index (χ3v) is 4.88. The fourth-order valence-corrected chi connectivity index (χ4v) is 3.02. The molecule has 1 aromatic rings. The Balaban J connectivity index is 1.85. The van der Waals surface area contributed by atoms with E-state index >= 15 is 0 Å². The largest absolute Gasteiger partial charge is 0.389 e. The van der Waals surface area contributed by atoms with E-state index in [-0.39, 0.29) is 23.4 Å². The molecule has 0 aromatic heterocycles. The molecule has 0 aliphatic carbocycles. The lowest BCUT2D eigenvalue weighted by Crippen LogP contribution is -2.44. The van der Waals surface area contributed by atoms with Gasteiger partial charge >= 0.3 is 0 Å². The van der Waals surface area contributed by atoms with E-state index in [1.165, 1.54) is 13.2 Å². The average Bonchev–Trinajstić information content (AvgIpc) is 2.83. The van der Waals surface area contributed by atoms with Gasteiger partial charge in [-0.15, -0.1) is 0 Å². The fraction of sp³-hybridized carbons (Fsp3) is 0.533. The van der Waals surface area contributed by atoms with Crippen LogP contribution in [0.3, 0.4) is 0 Å². The Morgan fingerprint density at radius 3 is 2.57 bits per heavy atom. The number of nitrogens with one attached hydrogen (secondary N) is 2. The van der Waals surface area contributed by atoms with Gasteiger partial charge in [-0.2, -0.15) is 0 Å². The molecule has 1 fully saturated rings. The predicted octanol–water partition coefficient (Wildman–Crippen LogP) is -0.556. The molecule has 2 rings (SSSR count). The van der Waals surface area contributed by atoms with Crippen LogP contribution in [-0.2, 0) is 25.9 Å². The number of hydrogen-bond acceptors (Lipinski definition) is 6. The summed E-state index contributed by atoms with van der Waals surface area (Å²) in [5, 5.41) is 16.0. The van der Waals surface area contributed by atoms with Crippen molar-refractivity contribution in [1.29, 1.82) is 0 Å². The first-order valence-electron chi connectivity index (χ1n) is 7.34. The van der Waals surface area contributed by atoms with Gasteiger partial charge in [-0.3, -0.25) is 4.79 Å². The van der Waals surface area contributed by atoms with Gasteiger partial charge in [0, 0.05) is 26.3 Å². The van der Waals surface area contributed by atoms with Gasteiger partial charge in [-0.05, 0) is 17.7 Å². The fourth-order valence-electron chi connectivity index (χ4n) is 2.39. The van der Waals surface area contributed by atoms with E-state index in [4.69, 9.17) is 4.74 Å². The normalized spacial score (nSPS) is 24.6. The summed E-state index contributed by atoms with van der Waals surface area (Å²) < 4.78 is 28.3. The Labute approximate surface area is 136 Å². The summed E-state index contributed by atoms with van der Waals surface area (Å²) in [6.07, 6.45) is 0.0305. The molecule has 1 aliphatic heterocycles. The minimum Gasteiger partial charge on any atom is -0.389 e. The van der Waals surface area contributed by atoms with Crippen molar-refractivity contribution in [2.24, 2.45) is 0 Å². The van der Waals surface area contributed by atoms with Crippen molar-refractivity contribution >= 4 is 15.7 Å². The lowest BCUT2D eigenvalue weighted by atomic mass is 10.1. The highest BCUT2D eigenvalue weighted by molar-refractivity contribution is 7.90. The smallest absolute Gasteiger partial charge is 0.216 e. The zero-order chi connectivity index (χ0) is 17.0. The van der Waals surface area contributed by atoms with Crippen LogP contribution in [-0.4, -0.2) is 57.1 Å². The molecule has 1 aromatic carbocycles. The number of benzene rings is 1. The molecule has 0 bridgehead atoms. The summed E-state index contributed by atoms with van der Waals surface area (Å²) in [5.41, 5.74) is 0.912. The molecular formula is C15H22N2O5S. The highest BCUT2D eigenvalue weighted by Gasteiger charge is 2.35. The summed E-state index contributed by atoms with van der Waals surface area (Å²) in [4.78, 5) is 11.2. The minimum absolute atomic E-state index is 0.164. The third kappa shape index (κ3) is 5.00. The highest BCUT2D eigenvalue weighted by atomic mass is 32.2. The molecule has 0 saturated carbocycles. The van der Waals surface area contributed by atoms with Crippen LogP contribution in [0.2, 0.25) is 0 Å². The molecule has 0 spiro atoms. The van der Waals surface area contributed by atoms with Crippen LogP contribution in [0.15, 0.2) is 29.2 Å². The van der Waals surface area contributed by atoms with Gasteiger partial charge in [-0.25, -0.2) is 8.42 Å². The van der Waals surface area contributed by atoms with E-state index in [1.54, 1.807) is 24.3 Å². The molecule has 1 aliphatic rings. The minimum atomic E-state index is -3.19. The van der Waals surface area contributed by atoms with Crippen molar-refractivity contribution in [1.82, 2.24) is 10.6 Å². The predicted molar refractivity (Wildman–Crippen MR) is 84.6 cm³/mol. The van der Waals surface area contributed by atoms with Crippen LogP contribution < -0.4 is 10.6 Å². The van der Waals surface area contributed by atoms with E-state index in [9.17, 15) is 18.3 Å². The highest BCUT2D eigenvalue weighted by Crippen LogP contribution is 2.15. The van der Waals surface area contributed by atoms with E-state index in [2.05, 4.69) is 10.6 Å². The van der Waals surface area contributed by atoms with Crippen LogP contribution in [0.5, 0.6) is 0 Å². The van der Waals surface area contributed by atoms with Gasteiger partial charge in [0.05, 0.1) is 23.6 Å². The Kier molecular flexibility index (Phi) is 5.74. The van der Waals surface area contributed by atoms with Gasteiger partial charge in [0.25, 0.3) is 0 Å². The molecule has 3 atom stereocenters. The Morgan fingerprint density at radius 1 is 1.35 bits per heavy atom. The SMILES string of the molecule is CC(=O)NC[C@H]1OC[C@@H](NCc2ccc(S(C)(=O)=O)cc2)[C@@H]1O. The summed E-state index contributed by atoms with van der Waals surface area (Å²) in [5.74, 6) is -0.164. The molecule has 128 valence electrons. The number of carbonyl (C=O) groups excluding carboxylic acids is 1. The number of aliphatic hydroxyl groups is 1. The first-order valence-corrected chi connectivity index (χ1v) is 9.23. The number of ether oxygens (including phenoxy) is 1. The second-order valence-electron chi connectivity index (χ2n) is 5.70. The van der Waals surface area contributed by atoms with E-state index in [0.29, 0.717) is 13.2 Å². The maximum Gasteiger partial charge on any atom is 0.216 e. The van der Waals surface area contributed by atoms with Gasteiger partial charge in [0.1, 0.15) is 6.10 Å². The number of rotatable bonds is 6. The zero-order valence-corrected chi connectivity index (χ0v) is 14.0. The van der Waals surface area contributed by atoms with E-state index in [1.807, 2.05) is 0 Å². The third-order valence-electron chi connectivity index (χ3n) is 3.76. The molecule has 23 heavy (non-hydrogen) atoms. The van der Waals surface area contributed by atoms with E-state index in [0.717, 1.165) is 5.56 Å². The lowest BCUT2D eigenvalue weighted by Gasteiger charge is -2.18. The first kappa shape index (κ1) is 17.9. The average molecular weight is 342 g/mol. The number of carbonyl (C=O) groups is 1. The molecule has 1 heterocycles. The summed E-state index contributed by atoms with van der Waals surface area (Å²) in [6.45, 7) is 2.53. The van der Waals surface area contributed by atoms with Crippen molar-refractivity contribution in [3.63, 3.8) is 0 Å². The summed E-state index contributed by atoms with van der Waals surface area (Å²) in [6, 6.07) is 6.37. The van der Waals surface area contributed by atoms with Crippen LogP contribution in [0.1, 0.15) is 12.5 Å². The Bertz CT molecular complexity index is 644. The van der Waals surface area contributed by atoms with Gasteiger partial charge in [-0.1, -0.05) is 12.1 Å². The van der Waals surface area contributed by atoms with Crippen LogP contribution in [0.25, 0.3) is 0 Å². The molecule has 1 amide bonds. The molecular weight excluding hydrogens is 320 g/mol. The van der Waals surface area contributed by atoms with Gasteiger partial charge in [0.15, 0.2) is 9.84 Å². The summed E-state index contributed by atoms with van der Waals surface area (Å²) in [7, 11) is -3.19. The molecule has 1 saturated heterocycles. The van der Waals surface area contributed by atoms with Crippen LogP contribution in [0.4, 0.5) is 0 Å². The number of aliphatic hydroxyl groups excluding tert-OH is 1. The maximum absolute atomic E-state index is 11.4. The van der Waals surface area contributed by atoms with Crippen LogP contribution >= 0.6 is 0 Å². The van der Waals surface area contributed by atoms with Crippen molar-refractivity contribution in [2.45, 2.75) is 36.6 Å². The maximum atomic E-state index is 11.4. The van der Waals surface area contributed by atoms with Gasteiger partial charge < -0.3 is 20.5 Å². The number of sulfone groups is 1. The van der Waals surface area contributed by atoms with Crippen molar-refractivity contribution in [3.8, 4) is 0 Å². The molecule has 7 nitrogen and oxygen atoms in total. The first-order chi connectivity index (χ1) is 10.8. The van der Waals surface area contributed by atoms with Crippen molar-refractivity contribution < 1.29 is 23.1 Å². The Morgan fingerprint density at radius 2 is 2.00 bits per heavy atom. The van der Waals surface area contributed by atoms with Crippen molar-refractivity contribution in [2.75, 3.05) is 19.4 Å².